The number of nitrogens with zero attached hydrogens (tertiary/aromatic N) is 3. The Balaban J connectivity index is 1.79. The van der Waals surface area contributed by atoms with Crippen LogP contribution in [0.25, 0.3) is 23.0 Å². The van der Waals surface area contributed by atoms with Gasteiger partial charge in [-0.3, -0.25) is 9.69 Å². The number of hydrogen-bond acceptors (Lipinski definition) is 4. The molecule has 0 aliphatic carbocycles. The molecule has 1 aromatic heterocycles. The van der Waals surface area contributed by atoms with Gasteiger partial charge in [-0.15, -0.1) is 0 Å². The number of rotatable bonds is 7. The lowest BCUT2D eigenvalue weighted by Gasteiger charge is -2.13. The summed E-state index contributed by atoms with van der Waals surface area (Å²) in [5, 5.41) is 4.97. The standard InChI is InChI=1S/C27H29N3OS2/c1-5-6-10-13-29-26(31)23(33-27(29)32)16-21-17-30(22-11-8-7-9-12-22)28-25(21)24-19(3)14-18(2)15-20(24)4/h7-9,11-12,14-17H,5-6,10,13H2,1-4H3/b23-16-. The molecule has 170 valence electrons. The van der Waals surface area contributed by atoms with Crippen molar-refractivity contribution >= 4 is 40.3 Å². The van der Waals surface area contributed by atoms with E-state index in [0.717, 1.165) is 41.8 Å². The lowest BCUT2D eigenvalue weighted by molar-refractivity contribution is -0.122. The lowest BCUT2D eigenvalue weighted by Crippen LogP contribution is -2.28. The highest BCUT2D eigenvalue weighted by Gasteiger charge is 2.32. The van der Waals surface area contributed by atoms with Crippen molar-refractivity contribution in [3.8, 4) is 16.9 Å². The van der Waals surface area contributed by atoms with Gasteiger partial charge in [0.15, 0.2) is 0 Å². The van der Waals surface area contributed by atoms with E-state index < -0.39 is 0 Å². The molecule has 0 spiro atoms. The zero-order valence-electron chi connectivity index (χ0n) is 19.6. The highest BCUT2D eigenvalue weighted by Crippen LogP contribution is 2.36. The molecule has 0 N–H and O–H groups in total. The molecule has 1 saturated heterocycles. The molecular formula is C27H29N3OS2. The molecule has 0 saturated carbocycles. The Kier molecular flexibility index (Phi) is 7.15. The summed E-state index contributed by atoms with van der Waals surface area (Å²) in [6.45, 7) is 9.19. The van der Waals surface area contributed by atoms with Gasteiger partial charge >= 0.3 is 0 Å². The summed E-state index contributed by atoms with van der Waals surface area (Å²) in [6, 6.07) is 14.4. The summed E-state index contributed by atoms with van der Waals surface area (Å²) >= 11 is 6.92. The number of thiocarbonyl (C=S) groups is 1. The quantitative estimate of drug-likeness (QED) is 0.213. The monoisotopic (exact) mass is 475 g/mol. The van der Waals surface area contributed by atoms with E-state index in [1.54, 1.807) is 4.90 Å². The van der Waals surface area contributed by atoms with E-state index in [9.17, 15) is 4.79 Å². The fourth-order valence-corrected chi connectivity index (χ4v) is 5.61. The largest absolute Gasteiger partial charge is 0.293 e. The number of aryl methyl sites for hydroxylation is 3. The van der Waals surface area contributed by atoms with Crippen LogP contribution in [-0.2, 0) is 4.79 Å². The zero-order chi connectivity index (χ0) is 23.5. The molecule has 33 heavy (non-hydrogen) atoms. The lowest BCUT2D eigenvalue weighted by atomic mass is 9.95. The smallest absolute Gasteiger partial charge is 0.266 e. The van der Waals surface area contributed by atoms with Crippen molar-refractivity contribution in [1.82, 2.24) is 14.7 Å². The zero-order valence-corrected chi connectivity index (χ0v) is 21.2. The maximum atomic E-state index is 13.1. The van der Waals surface area contributed by atoms with Crippen molar-refractivity contribution < 1.29 is 4.79 Å². The van der Waals surface area contributed by atoms with E-state index in [0.29, 0.717) is 15.8 Å². The van der Waals surface area contributed by atoms with Crippen LogP contribution in [0.15, 0.2) is 53.6 Å². The van der Waals surface area contributed by atoms with E-state index in [-0.39, 0.29) is 5.91 Å². The third kappa shape index (κ3) is 4.97. The summed E-state index contributed by atoms with van der Waals surface area (Å²) in [5.74, 6) is -0.00290. The Hall–Kier alpha value is -2.70. The summed E-state index contributed by atoms with van der Waals surface area (Å²) in [7, 11) is 0. The van der Waals surface area contributed by atoms with E-state index in [2.05, 4.69) is 39.8 Å². The van der Waals surface area contributed by atoms with Crippen LogP contribution in [0.5, 0.6) is 0 Å². The van der Waals surface area contributed by atoms with Gasteiger partial charge in [0.25, 0.3) is 5.91 Å². The third-order valence-electron chi connectivity index (χ3n) is 5.82. The van der Waals surface area contributed by atoms with Crippen molar-refractivity contribution in [1.29, 1.82) is 0 Å². The first-order valence-corrected chi connectivity index (χ1v) is 12.6. The summed E-state index contributed by atoms with van der Waals surface area (Å²) < 4.78 is 2.53. The molecule has 0 bridgehead atoms. The van der Waals surface area contributed by atoms with Crippen molar-refractivity contribution in [3.63, 3.8) is 0 Å². The van der Waals surface area contributed by atoms with Gasteiger partial charge in [0, 0.05) is 23.9 Å². The number of carbonyl (C=O) groups excluding carboxylic acids is 1. The van der Waals surface area contributed by atoms with Gasteiger partial charge in [0.2, 0.25) is 0 Å². The molecule has 2 heterocycles. The van der Waals surface area contributed by atoms with Gasteiger partial charge in [0.1, 0.15) is 10.0 Å². The maximum Gasteiger partial charge on any atom is 0.266 e. The molecule has 6 heteroatoms. The Bertz CT molecular complexity index is 1200. The predicted octanol–water partition coefficient (Wildman–Crippen LogP) is 6.86. The number of aromatic nitrogens is 2. The van der Waals surface area contributed by atoms with Crippen LogP contribution in [0.3, 0.4) is 0 Å². The normalized spacial score (nSPS) is 15.2. The average Bonchev–Trinajstić information content (AvgIpc) is 3.30. The first-order chi connectivity index (χ1) is 15.9. The number of amides is 1. The van der Waals surface area contributed by atoms with Crippen LogP contribution in [-0.4, -0.2) is 31.5 Å². The van der Waals surface area contributed by atoms with Gasteiger partial charge in [-0.1, -0.05) is 79.6 Å². The number of benzene rings is 2. The average molecular weight is 476 g/mol. The second kappa shape index (κ2) is 10.1. The minimum atomic E-state index is -0.00290. The SMILES string of the molecule is CCCCCN1C(=O)/C(=C/c2cn(-c3ccccc3)nc2-c2c(C)cc(C)cc2C)SC1=S. The Labute approximate surface area is 205 Å². The van der Waals surface area contributed by atoms with Crippen LogP contribution in [0, 0.1) is 20.8 Å². The van der Waals surface area contributed by atoms with E-state index >= 15 is 0 Å². The molecule has 4 nitrogen and oxygen atoms in total. The first-order valence-electron chi connectivity index (χ1n) is 11.4. The van der Waals surface area contributed by atoms with Crippen molar-refractivity contribution in [2.75, 3.05) is 6.54 Å². The predicted molar refractivity (Wildman–Crippen MR) is 143 cm³/mol. The van der Waals surface area contributed by atoms with Gasteiger partial charge in [0.05, 0.1) is 10.6 Å². The van der Waals surface area contributed by atoms with Crippen molar-refractivity contribution in [2.24, 2.45) is 0 Å². The van der Waals surface area contributed by atoms with E-state index in [1.807, 2.05) is 47.3 Å². The van der Waals surface area contributed by atoms with Crippen LogP contribution >= 0.6 is 24.0 Å². The minimum absolute atomic E-state index is 0.00290. The second-order valence-electron chi connectivity index (χ2n) is 8.53. The molecule has 2 aromatic carbocycles. The molecule has 1 aliphatic rings. The second-order valence-corrected chi connectivity index (χ2v) is 10.2. The molecule has 0 unspecified atom stereocenters. The van der Waals surface area contributed by atoms with Gasteiger partial charge < -0.3 is 0 Å². The summed E-state index contributed by atoms with van der Waals surface area (Å²) in [5.41, 5.74) is 7.46. The summed E-state index contributed by atoms with van der Waals surface area (Å²) in [4.78, 5) is 15.5. The fourth-order valence-electron chi connectivity index (χ4n) is 4.31. The highest BCUT2D eigenvalue weighted by atomic mass is 32.2. The fraction of sp³-hybridized carbons (Fsp3) is 0.296. The highest BCUT2D eigenvalue weighted by molar-refractivity contribution is 8.26. The summed E-state index contributed by atoms with van der Waals surface area (Å²) in [6.07, 6.45) is 7.14. The van der Waals surface area contributed by atoms with Gasteiger partial charge in [-0.2, -0.15) is 5.10 Å². The van der Waals surface area contributed by atoms with Crippen molar-refractivity contribution in [2.45, 2.75) is 47.0 Å². The Morgan fingerprint density at radius 3 is 2.42 bits per heavy atom. The van der Waals surface area contributed by atoms with E-state index in [4.69, 9.17) is 17.3 Å². The number of para-hydroxylation sites is 1. The molecule has 1 fully saturated rings. The van der Waals surface area contributed by atoms with Gasteiger partial charge in [-0.05, 0) is 56.5 Å². The number of thioether (sulfide) groups is 1. The molecule has 3 aromatic rings. The molecule has 0 radical (unpaired) electrons. The van der Waals surface area contributed by atoms with Crippen LogP contribution in [0.1, 0.15) is 48.4 Å². The van der Waals surface area contributed by atoms with Crippen LogP contribution < -0.4 is 0 Å². The molecule has 1 amide bonds. The molecule has 0 atom stereocenters. The third-order valence-corrected chi connectivity index (χ3v) is 7.20. The molecule has 1 aliphatic heterocycles. The van der Waals surface area contributed by atoms with E-state index in [1.165, 1.54) is 28.5 Å². The molecular weight excluding hydrogens is 446 g/mol. The van der Waals surface area contributed by atoms with Crippen LogP contribution in [0.4, 0.5) is 0 Å². The number of unbranched alkanes of at least 4 members (excludes halogenated alkanes) is 2. The Morgan fingerprint density at radius 1 is 1.06 bits per heavy atom. The topological polar surface area (TPSA) is 38.1 Å². The number of carbonyl (C=O) groups is 1. The number of hydrogen-bond donors (Lipinski definition) is 0. The maximum absolute atomic E-state index is 13.1. The van der Waals surface area contributed by atoms with Gasteiger partial charge in [-0.25, -0.2) is 4.68 Å². The first kappa shape index (κ1) is 23.5. The molecule has 4 rings (SSSR count). The van der Waals surface area contributed by atoms with Crippen molar-refractivity contribution in [3.05, 3.63) is 75.8 Å². The minimum Gasteiger partial charge on any atom is -0.293 e. The van der Waals surface area contributed by atoms with Crippen LogP contribution in [0.2, 0.25) is 0 Å². The Morgan fingerprint density at radius 2 is 1.76 bits per heavy atom.